The van der Waals surface area contributed by atoms with E-state index in [-0.39, 0.29) is 18.4 Å². The largest absolute Gasteiger partial charge is 0.457 e. The van der Waals surface area contributed by atoms with E-state index in [1.807, 2.05) is 13.8 Å². The Morgan fingerprint density at radius 3 is 2.40 bits per heavy atom. The molecule has 0 radical (unpaired) electrons. The summed E-state index contributed by atoms with van der Waals surface area (Å²) in [4.78, 5) is 39.8. The van der Waals surface area contributed by atoms with Crippen molar-refractivity contribution in [3.63, 3.8) is 0 Å². The van der Waals surface area contributed by atoms with Crippen LogP contribution in [0.15, 0.2) is 24.3 Å². The quantitative estimate of drug-likeness (QED) is 0.113. The Hall–Kier alpha value is -2.11. The average molecular weight is 605 g/mol. The predicted octanol–water partition coefficient (Wildman–Crippen LogP) is 2.54. The highest BCUT2D eigenvalue weighted by atomic mass is 16.6. The van der Waals surface area contributed by atoms with Crippen molar-refractivity contribution in [1.29, 1.82) is 0 Å². The van der Waals surface area contributed by atoms with Gasteiger partial charge in [-0.15, -0.1) is 6.58 Å². The highest BCUT2D eigenvalue weighted by molar-refractivity contribution is 6.05. The first kappa shape index (κ1) is 32.3. The number of epoxide rings is 1. The van der Waals surface area contributed by atoms with Gasteiger partial charge in [-0.1, -0.05) is 72.0 Å². The zero-order chi connectivity index (χ0) is 31.8. The lowest BCUT2D eigenvalue weighted by molar-refractivity contribution is -0.245. The van der Waals surface area contributed by atoms with Gasteiger partial charge in [0.2, 0.25) is 0 Å². The van der Waals surface area contributed by atoms with Crippen molar-refractivity contribution >= 4 is 17.7 Å². The fourth-order valence-electron chi connectivity index (χ4n) is 9.26. The molecule has 5 aliphatic rings. The number of rotatable bonds is 12. The number of carbonyl (C=O) groups excluding carboxylic acids is 3. The van der Waals surface area contributed by atoms with Crippen LogP contribution >= 0.6 is 0 Å². The number of aliphatic hydroxyl groups excluding tert-OH is 2. The molecule has 10 heteroatoms. The van der Waals surface area contributed by atoms with Crippen molar-refractivity contribution in [3.05, 3.63) is 24.3 Å². The minimum absolute atomic E-state index is 0.110. The van der Waals surface area contributed by atoms with Crippen LogP contribution in [-0.2, 0) is 28.6 Å². The van der Waals surface area contributed by atoms with Gasteiger partial charge in [0.1, 0.15) is 17.8 Å². The third-order valence-electron chi connectivity index (χ3n) is 11.6. The molecule has 0 spiro atoms. The second kappa shape index (κ2) is 10.8. The van der Waals surface area contributed by atoms with Crippen LogP contribution in [0.3, 0.4) is 0 Å². The Kier molecular flexibility index (Phi) is 8.08. The van der Waals surface area contributed by atoms with Crippen LogP contribution in [-0.4, -0.2) is 85.5 Å². The number of ketones is 1. The number of unbranched alkanes of at least 4 members (excludes halogenated alkanes) is 5. The molecule has 0 amide bonds. The molecule has 4 aliphatic carbocycles. The van der Waals surface area contributed by atoms with E-state index in [1.165, 1.54) is 19.1 Å². The molecule has 43 heavy (non-hydrogen) atoms. The molecule has 0 bridgehead atoms. The maximum absolute atomic E-state index is 13.4. The lowest BCUT2D eigenvalue weighted by Gasteiger charge is -2.53. The monoisotopic (exact) mass is 604 g/mol. The number of carbonyl (C=O) groups is 3. The van der Waals surface area contributed by atoms with Gasteiger partial charge in [-0.05, 0) is 18.9 Å². The Morgan fingerprint density at radius 2 is 1.77 bits per heavy atom. The van der Waals surface area contributed by atoms with Gasteiger partial charge in [-0.25, -0.2) is 0 Å². The van der Waals surface area contributed by atoms with Gasteiger partial charge < -0.3 is 34.6 Å². The van der Waals surface area contributed by atoms with Crippen LogP contribution in [0, 0.1) is 29.1 Å². The van der Waals surface area contributed by atoms with E-state index < -0.39 is 94.1 Å². The first-order valence-corrected chi connectivity index (χ1v) is 15.8. The fraction of sp³-hybridized carbons (Fsp3) is 0.788. The third kappa shape index (κ3) is 4.19. The molecule has 0 aromatic rings. The predicted molar refractivity (Wildman–Crippen MR) is 154 cm³/mol. The summed E-state index contributed by atoms with van der Waals surface area (Å²) in [6, 6.07) is 0. The lowest BCUT2D eigenvalue weighted by atomic mass is 9.58. The Labute approximate surface area is 253 Å². The highest BCUT2D eigenvalue weighted by Crippen LogP contribution is 2.79. The SMILES string of the molecule is C=CCC(=O)OC1[C@@H](C)C2(O)[C@@H]3C=C(C)C(=O)C3(O)C(O)C3(CO)OC3[C@H]2[C@H]2C(C)(C)C12OC(=O)CCCCCCCC. The van der Waals surface area contributed by atoms with Crippen molar-refractivity contribution < 1.29 is 49.0 Å². The summed E-state index contributed by atoms with van der Waals surface area (Å²) >= 11 is 0. The van der Waals surface area contributed by atoms with Crippen LogP contribution in [0.25, 0.3) is 0 Å². The zero-order valence-electron chi connectivity index (χ0n) is 26.0. The Morgan fingerprint density at radius 1 is 1.12 bits per heavy atom. The topological polar surface area (TPSA) is 163 Å². The number of Topliss-reactive ketones (excluding diaryl/α,β-unsaturated/α-hetero) is 1. The van der Waals surface area contributed by atoms with Gasteiger partial charge in [0, 0.05) is 35.5 Å². The molecule has 0 aromatic carbocycles. The van der Waals surface area contributed by atoms with E-state index in [4.69, 9.17) is 14.2 Å². The second-order valence-electron chi connectivity index (χ2n) is 14.1. The molecule has 4 N–H and O–H groups in total. The minimum atomic E-state index is -2.48. The van der Waals surface area contributed by atoms with E-state index in [9.17, 15) is 34.8 Å². The number of fused-ring (bicyclic) bond motifs is 7. The van der Waals surface area contributed by atoms with E-state index in [0.29, 0.717) is 6.42 Å². The standard InChI is InChI=1S/C33H48O10/c1-7-9-10-11-12-13-15-22(36)42-33-24(29(33,5)6)23-27-30(17-34,43-27)28(38)32(40)20(16-18(3)25(32)37)31(23,39)19(4)26(33)41-21(35)14-8-2/h8,16,19-20,23-24,26-28,34,38-40H,2,7,9-15,17H2,1,3-6H3/t19-,20+,23-,24+,26?,27?,28?,30?,31?,32?,33?/m1/s1. The number of aliphatic hydroxyl groups is 4. The first-order chi connectivity index (χ1) is 20.2. The Balaban J connectivity index is 1.57. The third-order valence-corrected chi connectivity index (χ3v) is 11.6. The maximum Gasteiger partial charge on any atom is 0.310 e. The molecule has 7 unspecified atom stereocenters. The Bertz CT molecular complexity index is 1210. The smallest absolute Gasteiger partial charge is 0.310 e. The summed E-state index contributed by atoms with van der Waals surface area (Å²) < 4.78 is 18.4. The summed E-state index contributed by atoms with van der Waals surface area (Å²) in [5.74, 6) is -5.62. The molecule has 3 saturated carbocycles. The van der Waals surface area contributed by atoms with Crippen LogP contribution in [0.2, 0.25) is 0 Å². The van der Waals surface area contributed by atoms with Gasteiger partial charge >= 0.3 is 11.9 Å². The van der Waals surface area contributed by atoms with Crippen molar-refractivity contribution in [2.75, 3.05) is 6.61 Å². The molecule has 1 heterocycles. The van der Waals surface area contributed by atoms with Gasteiger partial charge in [0.15, 0.2) is 17.0 Å². The first-order valence-electron chi connectivity index (χ1n) is 15.8. The van der Waals surface area contributed by atoms with E-state index in [0.717, 1.165) is 32.1 Å². The van der Waals surface area contributed by atoms with Crippen LogP contribution < -0.4 is 0 Å². The summed E-state index contributed by atoms with van der Waals surface area (Å²) in [6.07, 6.45) is 4.96. The maximum atomic E-state index is 13.4. The second-order valence-corrected chi connectivity index (χ2v) is 14.1. The number of ether oxygens (including phenoxy) is 3. The number of esters is 2. The van der Waals surface area contributed by atoms with Gasteiger partial charge in [0.05, 0.1) is 24.7 Å². The normalized spacial score (nSPS) is 45.0. The molecule has 10 nitrogen and oxygen atoms in total. The van der Waals surface area contributed by atoms with Gasteiger partial charge in [0.25, 0.3) is 0 Å². The fourth-order valence-corrected chi connectivity index (χ4v) is 9.26. The molecule has 240 valence electrons. The molecule has 5 rings (SSSR count). The highest BCUT2D eigenvalue weighted by Gasteiger charge is 2.93. The molecule has 1 aliphatic heterocycles. The summed E-state index contributed by atoms with van der Waals surface area (Å²) in [6.45, 7) is 12.0. The lowest BCUT2D eigenvalue weighted by Crippen LogP contribution is -2.69. The number of hydrogen-bond donors (Lipinski definition) is 4. The van der Waals surface area contributed by atoms with Crippen molar-refractivity contribution in [1.82, 2.24) is 0 Å². The van der Waals surface area contributed by atoms with Crippen LogP contribution in [0.5, 0.6) is 0 Å². The minimum Gasteiger partial charge on any atom is -0.457 e. The van der Waals surface area contributed by atoms with Crippen molar-refractivity contribution in [3.8, 4) is 0 Å². The van der Waals surface area contributed by atoms with Crippen LogP contribution in [0.4, 0.5) is 0 Å². The van der Waals surface area contributed by atoms with E-state index in [2.05, 4.69) is 13.5 Å². The zero-order valence-corrected chi connectivity index (χ0v) is 26.0. The molecule has 1 saturated heterocycles. The van der Waals surface area contributed by atoms with E-state index in [1.54, 1.807) is 6.92 Å². The average Bonchev–Trinajstić information content (AvgIpc) is 3.78. The summed E-state index contributed by atoms with van der Waals surface area (Å²) in [7, 11) is 0. The molecule has 11 atom stereocenters. The molecule has 0 aromatic heterocycles. The molecular weight excluding hydrogens is 556 g/mol. The van der Waals surface area contributed by atoms with Gasteiger partial charge in [-0.3, -0.25) is 14.4 Å². The molecule has 4 fully saturated rings. The van der Waals surface area contributed by atoms with Crippen molar-refractivity contribution in [2.45, 2.75) is 127 Å². The van der Waals surface area contributed by atoms with E-state index >= 15 is 0 Å². The number of hydrogen-bond acceptors (Lipinski definition) is 10. The van der Waals surface area contributed by atoms with Gasteiger partial charge in [-0.2, -0.15) is 0 Å². The summed E-state index contributed by atoms with van der Waals surface area (Å²) in [5.41, 5.74) is -8.16. The molecular formula is C33H48O10. The summed E-state index contributed by atoms with van der Waals surface area (Å²) in [5, 5.41) is 46.9. The van der Waals surface area contributed by atoms with Crippen molar-refractivity contribution in [2.24, 2.45) is 29.1 Å². The van der Waals surface area contributed by atoms with Crippen LogP contribution in [0.1, 0.15) is 86.0 Å².